The van der Waals surface area contributed by atoms with Crippen molar-refractivity contribution in [2.45, 2.75) is 84.3 Å². The predicted molar refractivity (Wildman–Crippen MR) is 325 cm³/mol. The Morgan fingerprint density at radius 3 is 1.15 bits per heavy atom. The second kappa shape index (κ2) is 18.2. The van der Waals surface area contributed by atoms with E-state index in [-0.39, 0.29) is 23.0 Å². The van der Waals surface area contributed by atoms with Crippen molar-refractivity contribution in [3.05, 3.63) is 258 Å². The van der Waals surface area contributed by atoms with Gasteiger partial charge in [-0.3, -0.25) is 0 Å². The number of benzene rings is 11. The summed E-state index contributed by atoms with van der Waals surface area (Å²) in [5, 5.41) is 5.04. The molecule has 0 unspecified atom stereocenters. The minimum absolute atomic E-state index is 0.00494. The smallest absolute Gasteiger partial charge is 0.0911 e. The molecule has 11 aromatic rings. The molecule has 0 bridgehead atoms. The van der Waals surface area contributed by atoms with Gasteiger partial charge in [-0.2, -0.15) is 0 Å². The van der Waals surface area contributed by atoms with Gasteiger partial charge >= 0.3 is 0 Å². The molecule has 2 heterocycles. The van der Waals surface area contributed by atoms with Gasteiger partial charge < -0.3 is 0 Å². The molecule has 0 nitrogen and oxygen atoms in total. The van der Waals surface area contributed by atoms with Crippen LogP contribution in [-0.4, -0.2) is 6.71 Å². The van der Waals surface area contributed by atoms with Crippen LogP contribution in [0.15, 0.2) is 250 Å². The number of fused-ring (bicyclic) bond motifs is 6. The summed E-state index contributed by atoms with van der Waals surface area (Å²) in [6.07, 6.45) is 0. The van der Waals surface area contributed by atoms with E-state index in [9.17, 15) is 0 Å². The summed E-state index contributed by atoms with van der Waals surface area (Å²) in [5.41, 5.74) is 20.5. The van der Waals surface area contributed by atoms with Gasteiger partial charge in [0.1, 0.15) is 0 Å². The monoisotopic (exact) mass is 998 g/mol. The van der Waals surface area contributed by atoms with Crippen LogP contribution < -0.4 is 16.4 Å². The van der Waals surface area contributed by atoms with Gasteiger partial charge in [-0.05, 0) is 147 Å². The van der Waals surface area contributed by atoms with Crippen molar-refractivity contribution in [3.8, 4) is 44.5 Å². The zero-order chi connectivity index (χ0) is 51.2. The third-order valence-electron chi connectivity index (χ3n) is 16.5. The lowest BCUT2D eigenvalue weighted by molar-refractivity contribution is 0.590. The van der Waals surface area contributed by atoms with Gasteiger partial charge in [0.15, 0.2) is 0 Å². The summed E-state index contributed by atoms with van der Waals surface area (Å²) in [7, 11) is 0. The van der Waals surface area contributed by atoms with Crippen LogP contribution in [0.25, 0.3) is 66.1 Å². The minimum atomic E-state index is -0.176. The van der Waals surface area contributed by atoms with E-state index in [0.29, 0.717) is 0 Å². The molecule has 13 rings (SSSR count). The van der Waals surface area contributed by atoms with Crippen LogP contribution >= 0.6 is 23.5 Å². The minimum Gasteiger partial charge on any atom is -0.0911 e. The zero-order valence-corrected chi connectivity index (χ0v) is 45.5. The maximum absolute atomic E-state index is 2.55. The molecule has 0 radical (unpaired) electrons. The van der Waals surface area contributed by atoms with Crippen molar-refractivity contribution in [2.75, 3.05) is 0 Å². The molecule has 0 spiro atoms. The average Bonchev–Trinajstić information content (AvgIpc) is 3.47. The van der Waals surface area contributed by atoms with Crippen LogP contribution in [0.4, 0.5) is 0 Å². The molecule has 0 N–H and O–H groups in total. The highest BCUT2D eigenvalue weighted by atomic mass is 32.2. The first kappa shape index (κ1) is 47.4. The molecule has 0 atom stereocenters. The fraction of sp³-hybridized carbons (Fsp3) is 0.139. The lowest BCUT2D eigenvalue weighted by Gasteiger charge is -2.36. The average molecular weight is 999 g/mol. The maximum Gasteiger partial charge on any atom is 0.247 e. The van der Waals surface area contributed by atoms with Crippen LogP contribution in [0.3, 0.4) is 0 Å². The van der Waals surface area contributed by atoms with Gasteiger partial charge in [-0.15, -0.1) is 0 Å². The lowest BCUT2D eigenvalue weighted by Crippen LogP contribution is -2.58. The first-order valence-corrected chi connectivity index (χ1v) is 28.1. The highest BCUT2D eigenvalue weighted by Crippen LogP contribution is 2.48. The van der Waals surface area contributed by atoms with E-state index in [0.717, 1.165) is 0 Å². The van der Waals surface area contributed by atoms with E-state index in [1.54, 1.807) is 0 Å². The predicted octanol–water partition coefficient (Wildman–Crippen LogP) is 18.1. The van der Waals surface area contributed by atoms with Crippen molar-refractivity contribution in [1.82, 2.24) is 0 Å². The molecule has 0 saturated carbocycles. The molecule has 2 aliphatic heterocycles. The Balaban J connectivity index is 1.03. The van der Waals surface area contributed by atoms with E-state index >= 15 is 0 Å². The van der Waals surface area contributed by atoms with Gasteiger partial charge in [0.25, 0.3) is 0 Å². The Morgan fingerprint density at radius 2 is 0.667 bits per heavy atom. The molecular formula is C72H59BS2. The SMILES string of the molecule is CC(C)(C)c1cccc(-c2cc(-c3cc4c5c(c3)Sc3ccc(C(C)(C)c6ccccc6)cc3B5c3cc(C(C)(C)c5ccccc5)ccc3S4)cc(-c3c4ccccc4c(-c4ccccc4)c4ccccc34)c2)c1. The Bertz CT molecular complexity index is 3850. The van der Waals surface area contributed by atoms with E-state index in [1.807, 2.05) is 23.5 Å². The number of rotatable bonds is 8. The van der Waals surface area contributed by atoms with E-state index < -0.39 is 0 Å². The standard InChI is InChI=1S/C72H59BS2/c1-70(2,3)54-29-21-24-47(41-54)48-38-49(40-51(39-48)68-59-32-19-17-30-57(59)67(46-22-11-8-12-23-46)58-31-18-20-33-60(58)68)50-42-65-69-66(43-50)75-64-37-35-56(72(6,7)53-27-15-10-16-28-53)45-62(64)73(69)61-44-55(34-36-63(61)74-65)71(4,5)52-25-13-9-14-26-52/h8-45H,1-7H3. The summed E-state index contributed by atoms with van der Waals surface area (Å²) < 4.78 is 0. The zero-order valence-electron chi connectivity index (χ0n) is 43.8. The van der Waals surface area contributed by atoms with Crippen LogP contribution in [0.2, 0.25) is 0 Å². The number of hydrogen-bond donors (Lipinski definition) is 0. The molecule has 0 saturated heterocycles. The molecular weight excluding hydrogens is 940 g/mol. The molecule has 0 amide bonds. The van der Waals surface area contributed by atoms with Crippen molar-refractivity contribution < 1.29 is 0 Å². The fourth-order valence-corrected chi connectivity index (χ4v) is 14.6. The van der Waals surface area contributed by atoms with Gasteiger partial charge in [-0.1, -0.05) is 271 Å². The van der Waals surface area contributed by atoms with Crippen molar-refractivity contribution in [1.29, 1.82) is 0 Å². The third-order valence-corrected chi connectivity index (χ3v) is 18.8. The third kappa shape index (κ3) is 8.19. The van der Waals surface area contributed by atoms with Crippen molar-refractivity contribution in [3.63, 3.8) is 0 Å². The second-order valence-electron chi connectivity index (χ2n) is 22.8. The quantitative estimate of drug-likeness (QED) is 0.110. The highest BCUT2D eigenvalue weighted by molar-refractivity contribution is 8.01. The van der Waals surface area contributed by atoms with Crippen molar-refractivity contribution in [2.24, 2.45) is 0 Å². The molecule has 0 aromatic heterocycles. The second-order valence-corrected chi connectivity index (χ2v) is 25.0. The summed E-state index contributed by atoms with van der Waals surface area (Å²) in [6, 6.07) is 87.5. The van der Waals surface area contributed by atoms with Gasteiger partial charge in [0.05, 0.1) is 0 Å². The molecule has 11 aromatic carbocycles. The van der Waals surface area contributed by atoms with E-state index in [2.05, 4.69) is 279 Å². The van der Waals surface area contributed by atoms with Crippen LogP contribution in [0.1, 0.15) is 76.3 Å². The Hall–Kier alpha value is -7.30. The summed E-state index contributed by atoms with van der Waals surface area (Å²) >= 11 is 3.90. The Kier molecular flexibility index (Phi) is 11.5. The molecule has 0 fully saturated rings. The Morgan fingerprint density at radius 1 is 0.280 bits per heavy atom. The summed E-state index contributed by atoms with van der Waals surface area (Å²) in [5.74, 6) is 0. The van der Waals surface area contributed by atoms with Crippen LogP contribution in [0.5, 0.6) is 0 Å². The lowest BCUT2D eigenvalue weighted by atomic mass is 9.36. The Labute approximate surface area is 452 Å². The summed E-state index contributed by atoms with van der Waals surface area (Å²) in [6.45, 7) is 16.5. The van der Waals surface area contributed by atoms with Crippen LogP contribution in [0, 0.1) is 0 Å². The van der Waals surface area contributed by atoms with E-state index in [4.69, 9.17) is 0 Å². The van der Waals surface area contributed by atoms with Gasteiger partial charge in [0, 0.05) is 30.4 Å². The topological polar surface area (TPSA) is 0 Å². The van der Waals surface area contributed by atoms with E-state index in [1.165, 1.54) is 130 Å². The largest absolute Gasteiger partial charge is 0.247 e. The normalized spacial score (nSPS) is 13.1. The first-order valence-electron chi connectivity index (χ1n) is 26.5. The summed E-state index contributed by atoms with van der Waals surface area (Å²) in [4.78, 5) is 5.34. The first-order chi connectivity index (χ1) is 36.3. The fourth-order valence-electron chi connectivity index (χ4n) is 12.1. The molecule has 75 heavy (non-hydrogen) atoms. The molecule has 2 aliphatic rings. The van der Waals surface area contributed by atoms with Crippen molar-refractivity contribution >= 4 is 68.2 Å². The van der Waals surface area contributed by atoms with Gasteiger partial charge in [-0.25, -0.2) is 0 Å². The molecule has 0 aliphatic carbocycles. The maximum atomic E-state index is 2.55. The number of hydrogen-bond acceptors (Lipinski definition) is 2. The van der Waals surface area contributed by atoms with Crippen LogP contribution in [-0.2, 0) is 16.2 Å². The van der Waals surface area contributed by atoms with Gasteiger partial charge in [0.2, 0.25) is 6.71 Å². The molecule has 362 valence electrons. The highest BCUT2D eigenvalue weighted by Gasteiger charge is 2.40. The molecule has 3 heteroatoms.